The summed E-state index contributed by atoms with van der Waals surface area (Å²) in [4.78, 5) is 0.878. The van der Waals surface area contributed by atoms with Gasteiger partial charge in [0.05, 0.1) is 5.88 Å². The molecule has 1 heterocycles. The fraction of sp³-hybridized carbons (Fsp3) is 0.667. The highest BCUT2D eigenvalue weighted by atomic mass is 35.5. The third-order valence-electron chi connectivity index (χ3n) is 2.45. The number of thiophene rings is 1. The standard InChI is InChI=1S/C12H20ClNO2S2/c1-9(2)8-14(10(3)4)18(15,16)12-6-5-11(7-13)17-12/h5-6,9-10H,7-8H2,1-4H3. The molecule has 104 valence electrons. The lowest BCUT2D eigenvalue weighted by Crippen LogP contribution is -2.39. The zero-order chi connectivity index (χ0) is 13.9. The van der Waals surface area contributed by atoms with Gasteiger partial charge in [0.25, 0.3) is 10.0 Å². The molecule has 0 aliphatic heterocycles. The summed E-state index contributed by atoms with van der Waals surface area (Å²) in [6.07, 6.45) is 0. The fourth-order valence-corrected chi connectivity index (χ4v) is 5.02. The van der Waals surface area contributed by atoms with Gasteiger partial charge < -0.3 is 0 Å². The van der Waals surface area contributed by atoms with Gasteiger partial charge in [0, 0.05) is 17.5 Å². The van der Waals surface area contributed by atoms with E-state index in [0.29, 0.717) is 22.6 Å². The van der Waals surface area contributed by atoms with Crippen LogP contribution in [0.4, 0.5) is 0 Å². The molecule has 3 nitrogen and oxygen atoms in total. The van der Waals surface area contributed by atoms with Crippen LogP contribution in [0.25, 0.3) is 0 Å². The van der Waals surface area contributed by atoms with E-state index in [2.05, 4.69) is 0 Å². The summed E-state index contributed by atoms with van der Waals surface area (Å²) in [6.45, 7) is 8.37. The van der Waals surface area contributed by atoms with E-state index < -0.39 is 10.0 Å². The molecule has 18 heavy (non-hydrogen) atoms. The molecule has 0 fully saturated rings. The van der Waals surface area contributed by atoms with Gasteiger partial charge in [-0.3, -0.25) is 0 Å². The molecule has 0 spiro atoms. The number of hydrogen-bond acceptors (Lipinski definition) is 3. The van der Waals surface area contributed by atoms with Crippen molar-refractivity contribution >= 4 is 33.0 Å². The van der Waals surface area contributed by atoms with Gasteiger partial charge in [-0.1, -0.05) is 13.8 Å². The Kier molecular flexibility index (Phi) is 5.65. The third kappa shape index (κ3) is 3.70. The van der Waals surface area contributed by atoms with Crippen LogP contribution < -0.4 is 0 Å². The number of hydrogen-bond donors (Lipinski definition) is 0. The first-order chi connectivity index (χ1) is 8.28. The van der Waals surface area contributed by atoms with Crippen molar-refractivity contribution in [1.29, 1.82) is 0 Å². The number of nitrogens with zero attached hydrogens (tertiary/aromatic N) is 1. The predicted octanol–water partition coefficient (Wildman–Crippen LogP) is 3.54. The third-order valence-corrected chi connectivity index (χ3v) is 6.49. The first-order valence-electron chi connectivity index (χ1n) is 5.95. The van der Waals surface area contributed by atoms with Crippen LogP contribution >= 0.6 is 22.9 Å². The molecule has 0 atom stereocenters. The molecule has 0 unspecified atom stereocenters. The van der Waals surface area contributed by atoms with Crippen LogP contribution in [0.2, 0.25) is 0 Å². The zero-order valence-corrected chi connectivity index (χ0v) is 13.6. The lowest BCUT2D eigenvalue weighted by molar-refractivity contribution is 0.319. The maximum Gasteiger partial charge on any atom is 0.252 e. The smallest absolute Gasteiger partial charge is 0.206 e. The van der Waals surface area contributed by atoms with Crippen molar-refractivity contribution in [2.24, 2.45) is 5.92 Å². The van der Waals surface area contributed by atoms with Gasteiger partial charge in [0.1, 0.15) is 4.21 Å². The summed E-state index contributed by atoms with van der Waals surface area (Å²) in [7, 11) is -3.39. The molecular formula is C12H20ClNO2S2. The van der Waals surface area contributed by atoms with E-state index in [1.807, 2.05) is 27.7 Å². The van der Waals surface area contributed by atoms with Crippen molar-refractivity contribution in [2.45, 2.75) is 43.8 Å². The van der Waals surface area contributed by atoms with Gasteiger partial charge in [-0.2, -0.15) is 4.31 Å². The maximum absolute atomic E-state index is 12.5. The van der Waals surface area contributed by atoms with Gasteiger partial charge >= 0.3 is 0 Å². The summed E-state index contributed by atoms with van der Waals surface area (Å²) < 4.78 is 27.0. The largest absolute Gasteiger partial charge is 0.252 e. The lowest BCUT2D eigenvalue weighted by atomic mass is 10.2. The maximum atomic E-state index is 12.5. The van der Waals surface area contributed by atoms with E-state index in [1.165, 1.54) is 11.3 Å². The second kappa shape index (κ2) is 6.37. The Morgan fingerprint density at radius 3 is 2.28 bits per heavy atom. The van der Waals surface area contributed by atoms with E-state index in [4.69, 9.17) is 11.6 Å². The number of halogens is 1. The molecule has 1 aromatic heterocycles. The van der Waals surface area contributed by atoms with Crippen LogP contribution in [-0.4, -0.2) is 25.3 Å². The molecule has 1 aromatic rings. The number of alkyl halides is 1. The fourth-order valence-electron chi connectivity index (χ4n) is 1.63. The molecular weight excluding hydrogens is 290 g/mol. The summed E-state index contributed by atoms with van der Waals surface area (Å²) in [6, 6.07) is 3.38. The SMILES string of the molecule is CC(C)CN(C(C)C)S(=O)(=O)c1ccc(CCl)s1. The monoisotopic (exact) mass is 309 g/mol. The highest BCUT2D eigenvalue weighted by Crippen LogP contribution is 2.27. The van der Waals surface area contributed by atoms with Crippen LogP contribution in [0, 0.1) is 5.92 Å². The average molecular weight is 310 g/mol. The van der Waals surface area contributed by atoms with Crippen molar-refractivity contribution in [2.75, 3.05) is 6.54 Å². The van der Waals surface area contributed by atoms with Crippen LogP contribution in [0.5, 0.6) is 0 Å². The van der Waals surface area contributed by atoms with Gasteiger partial charge in [-0.05, 0) is 31.9 Å². The van der Waals surface area contributed by atoms with Crippen molar-refractivity contribution < 1.29 is 8.42 Å². The minimum atomic E-state index is -3.39. The summed E-state index contributed by atoms with van der Waals surface area (Å²) in [5.74, 6) is 0.654. The van der Waals surface area contributed by atoms with Gasteiger partial charge in [-0.25, -0.2) is 8.42 Å². The Morgan fingerprint density at radius 2 is 1.89 bits per heavy atom. The lowest BCUT2D eigenvalue weighted by Gasteiger charge is -2.26. The molecule has 0 radical (unpaired) electrons. The topological polar surface area (TPSA) is 37.4 Å². The van der Waals surface area contributed by atoms with Crippen LogP contribution in [0.3, 0.4) is 0 Å². The predicted molar refractivity (Wildman–Crippen MR) is 77.7 cm³/mol. The normalized spacial score (nSPS) is 12.9. The molecule has 0 saturated carbocycles. The molecule has 0 aliphatic rings. The minimum Gasteiger partial charge on any atom is -0.206 e. The minimum absolute atomic E-state index is 0.0426. The quantitative estimate of drug-likeness (QED) is 0.754. The molecule has 0 aliphatic carbocycles. The van der Waals surface area contributed by atoms with E-state index in [1.54, 1.807) is 16.4 Å². The van der Waals surface area contributed by atoms with Gasteiger partial charge in [0.15, 0.2) is 0 Å². The molecule has 0 aromatic carbocycles. The van der Waals surface area contributed by atoms with Crippen molar-refractivity contribution in [1.82, 2.24) is 4.31 Å². The first kappa shape index (κ1) is 16.0. The summed E-state index contributed by atoms with van der Waals surface area (Å²) >= 11 is 6.97. The molecule has 0 N–H and O–H groups in total. The second-order valence-electron chi connectivity index (χ2n) is 4.92. The average Bonchev–Trinajstić information content (AvgIpc) is 2.74. The Balaban J connectivity index is 3.08. The van der Waals surface area contributed by atoms with E-state index in [0.717, 1.165) is 4.88 Å². The van der Waals surface area contributed by atoms with Crippen LogP contribution in [-0.2, 0) is 15.9 Å². The first-order valence-corrected chi connectivity index (χ1v) is 8.74. The van der Waals surface area contributed by atoms with E-state index in [-0.39, 0.29) is 6.04 Å². The highest BCUT2D eigenvalue weighted by molar-refractivity contribution is 7.91. The second-order valence-corrected chi connectivity index (χ2v) is 8.47. The van der Waals surface area contributed by atoms with Gasteiger partial charge in [0.2, 0.25) is 0 Å². The van der Waals surface area contributed by atoms with Crippen molar-refractivity contribution in [3.05, 3.63) is 17.0 Å². The summed E-state index contributed by atoms with van der Waals surface area (Å²) in [5.41, 5.74) is 0. The Bertz CT molecular complexity index is 480. The molecule has 6 heteroatoms. The van der Waals surface area contributed by atoms with Crippen molar-refractivity contribution in [3.63, 3.8) is 0 Å². The van der Waals surface area contributed by atoms with Crippen molar-refractivity contribution in [3.8, 4) is 0 Å². The summed E-state index contributed by atoms with van der Waals surface area (Å²) in [5, 5.41) is 0. The van der Waals surface area contributed by atoms with Gasteiger partial charge in [-0.15, -0.1) is 22.9 Å². The molecule has 0 bridgehead atoms. The van der Waals surface area contributed by atoms with Crippen LogP contribution in [0.1, 0.15) is 32.6 Å². The Morgan fingerprint density at radius 1 is 1.28 bits per heavy atom. The Labute approximate surface area is 119 Å². The molecule has 0 amide bonds. The molecule has 0 saturated heterocycles. The number of sulfonamides is 1. The van der Waals surface area contributed by atoms with Crippen LogP contribution in [0.15, 0.2) is 16.3 Å². The highest BCUT2D eigenvalue weighted by Gasteiger charge is 2.28. The number of rotatable bonds is 6. The Hall–Kier alpha value is -0.100. The van der Waals surface area contributed by atoms with E-state index >= 15 is 0 Å². The zero-order valence-electron chi connectivity index (χ0n) is 11.2. The van der Waals surface area contributed by atoms with E-state index in [9.17, 15) is 8.42 Å². The molecule has 1 rings (SSSR count).